The number of aryl methyl sites for hydroxylation is 1. The number of fused-ring (bicyclic) bond motifs is 2. The Kier molecular flexibility index (Phi) is 3.31. The second-order valence-corrected chi connectivity index (χ2v) is 6.64. The van der Waals surface area contributed by atoms with Gasteiger partial charge in [-0.25, -0.2) is 0 Å². The summed E-state index contributed by atoms with van der Waals surface area (Å²) in [5.74, 6) is 1.05. The number of thiazole rings is 1. The molecule has 2 aromatic heterocycles. The third-order valence-corrected chi connectivity index (χ3v) is 4.83. The lowest BCUT2D eigenvalue weighted by molar-refractivity contribution is -0.110. The van der Waals surface area contributed by atoms with Crippen LogP contribution >= 0.6 is 11.3 Å². The molecule has 24 heavy (non-hydrogen) atoms. The molecule has 0 saturated heterocycles. The Morgan fingerprint density at radius 1 is 1.29 bits per heavy atom. The number of nitrogens with one attached hydrogen (secondary N) is 1. The smallest absolute Gasteiger partial charge is 0.256 e. The fourth-order valence-corrected chi connectivity index (χ4v) is 3.63. The standard InChI is InChI=1S/C17H15N3O3S/c1-9-8-20-14(16(23-3)19-17(20)24-9)7-12-11-6-10(22-2)4-5-13(11)18-15(12)21/h4-8H,1-3H3,(H,18,21)/b12-7+. The Balaban J connectivity index is 1.92. The van der Waals surface area contributed by atoms with Crippen molar-refractivity contribution in [3.05, 3.63) is 40.5 Å². The number of ether oxygens (including phenoxy) is 2. The molecule has 0 saturated carbocycles. The highest BCUT2D eigenvalue weighted by atomic mass is 32.1. The number of nitrogens with zero attached hydrogens (tertiary/aromatic N) is 2. The Morgan fingerprint density at radius 3 is 2.88 bits per heavy atom. The van der Waals surface area contributed by atoms with E-state index in [1.54, 1.807) is 25.6 Å². The predicted octanol–water partition coefficient (Wildman–Crippen LogP) is 3.21. The molecule has 1 N–H and O–H groups in total. The number of hydrogen-bond acceptors (Lipinski definition) is 5. The van der Waals surface area contributed by atoms with Crippen LogP contribution in [0.4, 0.5) is 5.69 Å². The minimum absolute atomic E-state index is 0.151. The number of methoxy groups -OCH3 is 2. The molecule has 7 heteroatoms. The van der Waals surface area contributed by atoms with E-state index in [2.05, 4.69) is 10.3 Å². The Hall–Kier alpha value is -2.80. The van der Waals surface area contributed by atoms with Crippen molar-refractivity contribution in [3.63, 3.8) is 0 Å². The summed E-state index contributed by atoms with van der Waals surface area (Å²) < 4.78 is 12.6. The van der Waals surface area contributed by atoms with Gasteiger partial charge in [-0.3, -0.25) is 9.20 Å². The maximum Gasteiger partial charge on any atom is 0.256 e. The van der Waals surface area contributed by atoms with E-state index in [4.69, 9.17) is 9.47 Å². The van der Waals surface area contributed by atoms with Gasteiger partial charge in [0.1, 0.15) is 11.4 Å². The van der Waals surface area contributed by atoms with Crippen molar-refractivity contribution in [2.24, 2.45) is 0 Å². The first-order valence-corrected chi connectivity index (χ1v) is 8.16. The van der Waals surface area contributed by atoms with E-state index in [0.717, 1.165) is 26.8 Å². The van der Waals surface area contributed by atoms with Gasteiger partial charge in [0.2, 0.25) is 5.88 Å². The molecule has 1 aliphatic heterocycles. The SMILES string of the molecule is COc1ccc2c(c1)/C(=C\c1c(OC)nc3sc(C)cn13)C(=O)N2. The van der Waals surface area contributed by atoms with Gasteiger partial charge in [0.15, 0.2) is 4.96 Å². The summed E-state index contributed by atoms with van der Waals surface area (Å²) in [4.78, 5) is 18.8. The lowest BCUT2D eigenvalue weighted by Crippen LogP contribution is -2.04. The molecule has 0 atom stereocenters. The second-order valence-electron chi connectivity index (χ2n) is 5.42. The van der Waals surface area contributed by atoms with Gasteiger partial charge in [0.05, 0.1) is 19.8 Å². The van der Waals surface area contributed by atoms with Crippen molar-refractivity contribution in [3.8, 4) is 11.6 Å². The predicted molar refractivity (Wildman–Crippen MR) is 93.9 cm³/mol. The van der Waals surface area contributed by atoms with Crippen molar-refractivity contribution >= 4 is 39.5 Å². The van der Waals surface area contributed by atoms with Gasteiger partial charge in [0.25, 0.3) is 5.91 Å². The van der Waals surface area contributed by atoms with Crippen molar-refractivity contribution in [1.29, 1.82) is 0 Å². The third kappa shape index (κ3) is 2.16. The molecule has 4 rings (SSSR count). The average molecular weight is 341 g/mol. The first kappa shape index (κ1) is 14.8. The van der Waals surface area contributed by atoms with Gasteiger partial charge in [-0.15, -0.1) is 11.3 Å². The first-order chi connectivity index (χ1) is 11.6. The molecule has 3 aromatic rings. The highest BCUT2D eigenvalue weighted by Gasteiger charge is 2.26. The number of benzene rings is 1. The van der Waals surface area contributed by atoms with Crippen molar-refractivity contribution in [2.75, 3.05) is 19.5 Å². The zero-order valence-corrected chi connectivity index (χ0v) is 14.2. The van der Waals surface area contributed by atoms with Crippen molar-refractivity contribution in [1.82, 2.24) is 9.38 Å². The van der Waals surface area contributed by atoms with Crippen LogP contribution in [0.1, 0.15) is 16.1 Å². The van der Waals surface area contributed by atoms with Crippen molar-refractivity contribution < 1.29 is 14.3 Å². The van der Waals surface area contributed by atoms with Gasteiger partial charge in [-0.2, -0.15) is 4.98 Å². The minimum atomic E-state index is -0.151. The van der Waals surface area contributed by atoms with E-state index in [1.807, 2.05) is 41.8 Å². The fourth-order valence-electron chi connectivity index (χ4n) is 2.81. The number of aromatic nitrogens is 2. The van der Waals surface area contributed by atoms with Crippen LogP contribution in [0.25, 0.3) is 16.6 Å². The van der Waals surface area contributed by atoms with Gasteiger partial charge >= 0.3 is 0 Å². The minimum Gasteiger partial charge on any atom is -0.497 e. The Bertz CT molecular complexity index is 1000. The van der Waals surface area contributed by atoms with Crippen LogP contribution in [0, 0.1) is 6.92 Å². The summed E-state index contributed by atoms with van der Waals surface area (Å²) in [7, 11) is 3.18. The molecular formula is C17H15N3O3S. The van der Waals surface area contributed by atoms with E-state index in [9.17, 15) is 4.79 Å². The van der Waals surface area contributed by atoms with E-state index >= 15 is 0 Å². The molecule has 0 bridgehead atoms. The van der Waals surface area contributed by atoms with Crippen LogP contribution in [0.5, 0.6) is 11.6 Å². The molecule has 122 valence electrons. The van der Waals surface area contributed by atoms with Gasteiger partial charge in [-0.05, 0) is 31.2 Å². The van der Waals surface area contributed by atoms with Crippen LogP contribution in [-0.4, -0.2) is 29.5 Å². The normalized spacial score (nSPS) is 15.0. The fraction of sp³-hybridized carbons (Fsp3) is 0.176. The van der Waals surface area contributed by atoms with E-state index in [0.29, 0.717) is 17.2 Å². The second kappa shape index (κ2) is 5.38. The molecule has 1 amide bonds. The molecular weight excluding hydrogens is 326 g/mol. The summed E-state index contributed by atoms with van der Waals surface area (Å²) in [6.45, 7) is 2.02. The topological polar surface area (TPSA) is 64.9 Å². The molecule has 0 unspecified atom stereocenters. The van der Waals surface area contributed by atoms with Gasteiger partial charge < -0.3 is 14.8 Å². The number of carbonyl (C=O) groups is 1. The van der Waals surface area contributed by atoms with Crippen molar-refractivity contribution in [2.45, 2.75) is 6.92 Å². The Morgan fingerprint density at radius 2 is 2.12 bits per heavy atom. The van der Waals surface area contributed by atoms with Crippen LogP contribution in [0.2, 0.25) is 0 Å². The number of imidazole rings is 1. The number of amides is 1. The van der Waals surface area contributed by atoms with E-state index in [-0.39, 0.29) is 5.91 Å². The molecule has 0 aliphatic carbocycles. The van der Waals surface area contributed by atoms with Crippen LogP contribution < -0.4 is 14.8 Å². The lowest BCUT2D eigenvalue weighted by Gasteiger charge is -2.03. The van der Waals surface area contributed by atoms with Crippen LogP contribution in [-0.2, 0) is 4.79 Å². The summed E-state index contributed by atoms with van der Waals surface area (Å²) in [6, 6.07) is 5.51. The summed E-state index contributed by atoms with van der Waals surface area (Å²) in [5.41, 5.74) is 2.89. The van der Waals surface area contributed by atoms with Gasteiger partial charge in [-0.1, -0.05) is 0 Å². The molecule has 0 fully saturated rings. The van der Waals surface area contributed by atoms with Crippen LogP contribution in [0.3, 0.4) is 0 Å². The van der Waals surface area contributed by atoms with Crippen LogP contribution in [0.15, 0.2) is 24.4 Å². The summed E-state index contributed by atoms with van der Waals surface area (Å²) in [5, 5.41) is 2.87. The quantitative estimate of drug-likeness (QED) is 0.743. The summed E-state index contributed by atoms with van der Waals surface area (Å²) in [6.07, 6.45) is 3.80. The first-order valence-electron chi connectivity index (χ1n) is 7.34. The monoisotopic (exact) mass is 341 g/mol. The average Bonchev–Trinajstić information content (AvgIpc) is 3.18. The van der Waals surface area contributed by atoms with E-state index < -0.39 is 0 Å². The number of rotatable bonds is 3. The zero-order valence-electron chi connectivity index (χ0n) is 13.4. The number of carbonyl (C=O) groups excluding carboxylic acids is 1. The van der Waals surface area contributed by atoms with E-state index in [1.165, 1.54) is 0 Å². The Labute approximate surface area is 142 Å². The zero-order chi connectivity index (χ0) is 16.8. The number of anilines is 1. The number of hydrogen-bond donors (Lipinski definition) is 1. The molecule has 0 spiro atoms. The third-order valence-electron chi connectivity index (χ3n) is 3.93. The maximum atomic E-state index is 12.4. The molecule has 0 radical (unpaired) electrons. The molecule has 6 nitrogen and oxygen atoms in total. The summed E-state index contributed by atoms with van der Waals surface area (Å²) >= 11 is 1.57. The maximum absolute atomic E-state index is 12.4. The highest BCUT2D eigenvalue weighted by molar-refractivity contribution is 7.17. The molecule has 3 heterocycles. The lowest BCUT2D eigenvalue weighted by atomic mass is 10.1. The molecule has 1 aromatic carbocycles. The van der Waals surface area contributed by atoms with Gasteiger partial charge in [0, 0.05) is 22.3 Å². The largest absolute Gasteiger partial charge is 0.497 e. The highest BCUT2D eigenvalue weighted by Crippen LogP contribution is 2.37. The molecule has 1 aliphatic rings.